The van der Waals surface area contributed by atoms with Crippen LogP contribution in [0.3, 0.4) is 0 Å². The molecule has 2 rings (SSSR count). The summed E-state index contributed by atoms with van der Waals surface area (Å²) >= 11 is 0. The van der Waals surface area contributed by atoms with E-state index >= 15 is 0 Å². The van der Waals surface area contributed by atoms with Gasteiger partial charge in [-0.3, -0.25) is 57.5 Å². The summed E-state index contributed by atoms with van der Waals surface area (Å²) in [6, 6.07) is -4.44. The van der Waals surface area contributed by atoms with Gasteiger partial charge in [0.25, 0.3) is 0 Å². The van der Waals surface area contributed by atoms with Crippen molar-refractivity contribution in [2.75, 3.05) is 19.7 Å². The number of rotatable bonds is 38. The zero-order valence-electron chi connectivity index (χ0n) is 51.3. The summed E-state index contributed by atoms with van der Waals surface area (Å²) in [5.41, 5.74) is 17.8. The molecule has 1 aromatic carbocycles. The average molecular weight is 1210 g/mol. The molecule has 1 heterocycles. The van der Waals surface area contributed by atoms with Crippen molar-refractivity contribution in [3.05, 3.63) is 35.9 Å². The number of nitrogens with zero attached hydrogens (tertiary/aromatic N) is 1. The first-order valence-electron chi connectivity index (χ1n) is 29.6. The Hall–Kier alpha value is -7.75. The number of carbonyl (C=O) groups is 13. The van der Waals surface area contributed by atoms with Gasteiger partial charge in [-0.1, -0.05) is 119 Å². The first-order valence-corrected chi connectivity index (χ1v) is 29.6. The zero-order chi connectivity index (χ0) is 65.1. The summed E-state index contributed by atoms with van der Waals surface area (Å²) in [5.74, 6) is -13.3. The maximum atomic E-state index is 14.5. The Kier molecular flexibility index (Phi) is 31.9. The van der Waals surface area contributed by atoms with E-state index in [9.17, 15) is 72.5 Å². The molecule has 86 heavy (non-hydrogen) atoms. The van der Waals surface area contributed by atoms with Crippen molar-refractivity contribution in [3.8, 4) is 0 Å². The standard InChI is InChI=1S/C58H95N13O15/c1-11-32(8)46(61)54(81)64-38(26-35-18-15-14-16-19-35)52(79)69-47(33(9)12-2)55(82)65-37(24-30(4)5)51(78)66-39(27-44(60)74)57(84)71-23-17-20-42(71)53(80)70-48(34(10)13-3)56(83)68-41(29-72)49(76)62-28-45(75)63-36(21-22-43(59)73)50(77)67-40(58(85)86)25-31(6)7/h14-16,18-19,30-34,36-42,46-48,72H,11-13,17,20-29,61H2,1-10H3,(H2,59,73)(H2,60,74)(H,62,76)(H,63,75)(H,64,81)(H,65,82)(H,66,78)(H,67,77)(H,68,83)(H,69,79)(H,70,80)(H,85,86)/t32-,33-,34-,36-,37-,38-,39-,40-,41-,42-,46-,47-,48-/m0/s1. The predicted molar refractivity (Wildman–Crippen MR) is 316 cm³/mol. The number of carboxylic acid groups (broad SMARTS) is 1. The summed E-state index contributed by atoms with van der Waals surface area (Å²) in [5, 5.41) is 42.5. The molecule has 1 aromatic rings. The van der Waals surface area contributed by atoms with Crippen LogP contribution < -0.4 is 65.1 Å². The van der Waals surface area contributed by atoms with Crippen molar-refractivity contribution in [1.82, 2.24) is 52.8 Å². The topological polar surface area (TPSA) is 452 Å². The first-order chi connectivity index (χ1) is 40.4. The number of nitrogens with two attached hydrogens (primary N) is 3. The third kappa shape index (κ3) is 24.7. The van der Waals surface area contributed by atoms with E-state index in [0.29, 0.717) is 19.3 Å². The van der Waals surface area contributed by atoms with E-state index in [-0.39, 0.29) is 69.2 Å². The highest BCUT2D eigenvalue weighted by molar-refractivity contribution is 6.00. The van der Waals surface area contributed by atoms with Crippen LogP contribution in [0.25, 0.3) is 0 Å². The minimum absolute atomic E-state index is 0.0230. The quantitative estimate of drug-likeness (QED) is 0.0340. The van der Waals surface area contributed by atoms with Crippen LogP contribution in [0.4, 0.5) is 0 Å². The van der Waals surface area contributed by atoms with Gasteiger partial charge in [-0.2, -0.15) is 0 Å². The summed E-state index contributed by atoms with van der Waals surface area (Å²) in [7, 11) is 0. The molecule has 0 aliphatic carbocycles. The highest BCUT2D eigenvalue weighted by Gasteiger charge is 2.42. The molecular formula is C58H95N13O15. The molecule has 17 N–H and O–H groups in total. The van der Waals surface area contributed by atoms with Crippen LogP contribution in [0.1, 0.15) is 139 Å². The third-order valence-corrected chi connectivity index (χ3v) is 15.2. The smallest absolute Gasteiger partial charge is 0.326 e. The van der Waals surface area contributed by atoms with Gasteiger partial charge in [0, 0.05) is 19.4 Å². The van der Waals surface area contributed by atoms with E-state index in [1.165, 1.54) is 0 Å². The second-order valence-electron chi connectivity index (χ2n) is 23.1. The molecule has 0 radical (unpaired) electrons. The molecule has 1 aliphatic heterocycles. The summed E-state index contributed by atoms with van der Waals surface area (Å²) in [6.45, 7) is 15.8. The van der Waals surface area contributed by atoms with Crippen LogP contribution in [0.2, 0.25) is 0 Å². The zero-order valence-corrected chi connectivity index (χ0v) is 51.3. The molecule has 1 fully saturated rings. The largest absolute Gasteiger partial charge is 0.480 e. The van der Waals surface area contributed by atoms with Gasteiger partial charge in [0.1, 0.15) is 54.4 Å². The fourth-order valence-electron chi connectivity index (χ4n) is 9.40. The Balaban J connectivity index is 2.31. The molecule has 0 aromatic heterocycles. The molecule has 28 nitrogen and oxygen atoms in total. The maximum absolute atomic E-state index is 14.5. The van der Waals surface area contributed by atoms with E-state index in [1.807, 2.05) is 13.8 Å². The number of carboxylic acids is 1. The summed E-state index contributed by atoms with van der Waals surface area (Å²) < 4.78 is 0. The number of amides is 12. The Labute approximate surface area is 503 Å². The van der Waals surface area contributed by atoms with Crippen LogP contribution in [0.15, 0.2) is 30.3 Å². The van der Waals surface area contributed by atoms with Crippen LogP contribution in [-0.4, -0.2) is 172 Å². The Morgan fingerprint density at radius 1 is 0.570 bits per heavy atom. The number of aliphatic hydroxyl groups excluding tert-OH is 1. The lowest BCUT2D eigenvalue weighted by Gasteiger charge is -2.32. The molecular weight excluding hydrogens is 1120 g/mol. The molecule has 0 unspecified atom stereocenters. The predicted octanol–water partition coefficient (Wildman–Crippen LogP) is -2.01. The van der Waals surface area contributed by atoms with Crippen molar-refractivity contribution in [2.45, 2.75) is 200 Å². The fourth-order valence-corrected chi connectivity index (χ4v) is 9.40. The molecule has 482 valence electrons. The van der Waals surface area contributed by atoms with Crippen molar-refractivity contribution >= 4 is 76.9 Å². The minimum Gasteiger partial charge on any atom is -0.480 e. The van der Waals surface area contributed by atoms with Crippen LogP contribution in [-0.2, 0) is 68.7 Å². The van der Waals surface area contributed by atoms with E-state index in [2.05, 4.69) is 47.9 Å². The number of aliphatic hydroxyl groups is 1. The first kappa shape index (κ1) is 74.4. The number of hydrogen-bond acceptors (Lipinski definition) is 15. The van der Waals surface area contributed by atoms with Gasteiger partial charge < -0.3 is 80.2 Å². The molecule has 28 heteroatoms. The lowest BCUT2D eigenvalue weighted by atomic mass is 9.95. The second-order valence-corrected chi connectivity index (χ2v) is 23.1. The third-order valence-electron chi connectivity index (χ3n) is 15.2. The van der Waals surface area contributed by atoms with Gasteiger partial charge in [-0.05, 0) is 67.3 Å². The fraction of sp³-hybridized carbons (Fsp3) is 0.672. The number of nitrogens with one attached hydrogen (secondary N) is 9. The lowest BCUT2D eigenvalue weighted by molar-refractivity contribution is -0.144. The maximum Gasteiger partial charge on any atom is 0.326 e. The Morgan fingerprint density at radius 2 is 1.07 bits per heavy atom. The summed E-state index contributed by atoms with van der Waals surface area (Å²) in [6.07, 6.45) is 0.381. The van der Waals surface area contributed by atoms with Crippen molar-refractivity contribution < 1.29 is 72.5 Å². The van der Waals surface area contributed by atoms with Gasteiger partial charge in [0.05, 0.1) is 25.6 Å². The van der Waals surface area contributed by atoms with Gasteiger partial charge >= 0.3 is 5.97 Å². The van der Waals surface area contributed by atoms with Crippen molar-refractivity contribution in [2.24, 2.45) is 46.8 Å². The normalized spacial score (nSPS) is 17.2. The van der Waals surface area contributed by atoms with E-state index < -0.39 is 169 Å². The monoisotopic (exact) mass is 1210 g/mol. The van der Waals surface area contributed by atoms with Crippen molar-refractivity contribution in [1.29, 1.82) is 0 Å². The van der Waals surface area contributed by atoms with E-state index in [4.69, 9.17) is 17.2 Å². The highest BCUT2D eigenvalue weighted by Crippen LogP contribution is 2.22. The number of aliphatic carboxylic acids is 1. The average Bonchev–Trinajstić information content (AvgIpc) is 3.86. The summed E-state index contributed by atoms with van der Waals surface area (Å²) in [4.78, 5) is 175. The number of carbonyl (C=O) groups excluding carboxylic acids is 12. The minimum atomic E-state index is -1.69. The van der Waals surface area contributed by atoms with Gasteiger partial charge in [-0.15, -0.1) is 0 Å². The Morgan fingerprint density at radius 3 is 1.59 bits per heavy atom. The van der Waals surface area contributed by atoms with E-state index in [1.54, 1.807) is 85.7 Å². The van der Waals surface area contributed by atoms with Gasteiger partial charge in [0.15, 0.2) is 0 Å². The Bertz CT molecular complexity index is 2500. The molecule has 0 bridgehead atoms. The van der Waals surface area contributed by atoms with Crippen LogP contribution in [0.5, 0.6) is 0 Å². The molecule has 0 saturated carbocycles. The SMILES string of the molecule is CC[C@H](C)[C@H](N)C(=O)N[C@@H](Cc1ccccc1)C(=O)N[C@H](C(=O)N[C@@H](CC(C)C)C(=O)N[C@@H](CC(N)=O)C(=O)N1CCC[C@H]1C(=O)N[C@H](C(=O)N[C@@H](CO)C(=O)NCC(=O)N[C@@H](CCC(N)=O)C(=O)N[C@@H](CC(C)C)C(=O)O)[C@@H](C)CC)[C@@H](C)CC. The van der Waals surface area contributed by atoms with E-state index in [0.717, 1.165) is 10.5 Å². The molecule has 1 aliphatic rings. The lowest BCUT2D eigenvalue weighted by Crippen LogP contribution is -2.62. The molecule has 0 spiro atoms. The van der Waals surface area contributed by atoms with Gasteiger partial charge in [0.2, 0.25) is 70.9 Å². The highest BCUT2D eigenvalue weighted by atomic mass is 16.4. The van der Waals surface area contributed by atoms with Crippen LogP contribution >= 0.6 is 0 Å². The number of benzene rings is 1. The second kappa shape index (κ2) is 37.0. The number of hydrogen-bond donors (Lipinski definition) is 14. The number of primary amides is 2. The van der Waals surface area contributed by atoms with Crippen molar-refractivity contribution in [3.63, 3.8) is 0 Å². The number of likely N-dealkylation sites (tertiary alicyclic amines) is 1. The molecule has 13 atom stereocenters. The molecule has 1 saturated heterocycles. The van der Waals surface area contributed by atoms with Gasteiger partial charge in [-0.25, -0.2) is 4.79 Å². The van der Waals surface area contributed by atoms with Crippen LogP contribution in [0, 0.1) is 29.6 Å². The molecule has 12 amide bonds.